The molecule has 0 saturated carbocycles. The van der Waals surface area contributed by atoms with Gasteiger partial charge < -0.3 is 28.5 Å². The van der Waals surface area contributed by atoms with Crippen molar-refractivity contribution in [3.8, 4) is 0 Å². The van der Waals surface area contributed by atoms with E-state index < -0.39 is 20.0 Å². The summed E-state index contributed by atoms with van der Waals surface area (Å²) in [5, 5.41) is 3.02. The first kappa shape index (κ1) is 63.8. The second kappa shape index (κ2) is 46.5. The normalized spacial score (nSPS) is 13.9. The van der Waals surface area contributed by atoms with Crippen LogP contribution in [0.5, 0.6) is 0 Å². The summed E-state index contributed by atoms with van der Waals surface area (Å²) < 4.78 is 30.2. The van der Waals surface area contributed by atoms with Gasteiger partial charge in [-0.3, -0.25) is 14.2 Å². The third-order valence-electron chi connectivity index (χ3n) is 12.7. The number of esters is 1. The average molecular weight is 941 g/mol. The number of allylic oxidation sites excluding steroid dienone is 1. The molecule has 0 rings (SSSR count). The number of hydrogen-bond acceptors (Lipinski definition) is 7. The van der Waals surface area contributed by atoms with Crippen LogP contribution in [-0.4, -0.2) is 69.4 Å². The summed E-state index contributed by atoms with van der Waals surface area (Å²) >= 11 is 0. The largest absolute Gasteiger partial charge is 0.756 e. The van der Waals surface area contributed by atoms with Gasteiger partial charge in [0.05, 0.1) is 33.8 Å². The molecule has 0 saturated heterocycles. The van der Waals surface area contributed by atoms with E-state index in [0.29, 0.717) is 17.4 Å². The maximum Gasteiger partial charge on any atom is 0.306 e. The van der Waals surface area contributed by atoms with Gasteiger partial charge in [-0.25, -0.2) is 0 Å². The van der Waals surface area contributed by atoms with E-state index in [0.717, 1.165) is 57.8 Å². The summed E-state index contributed by atoms with van der Waals surface area (Å²) in [6, 6.07) is -0.877. The Kier molecular flexibility index (Phi) is 45.6. The van der Waals surface area contributed by atoms with Crippen LogP contribution in [0, 0.1) is 0 Å². The van der Waals surface area contributed by atoms with Gasteiger partial charge in [-0.15, -0.1) is 0 Å². The number of carbonyl (C=O) groups excluding carboxylic acids is 2. The molecule has 0 aromatic heterocycles. The number of unbranched alkanes of at least 4 members (excludes halogenated alkanes) is 35. The molecule has 0 aliphatic carbocycles. The van der Waals surface area contributed by atoms with Crippen LogP contribution < -0.4 is 10.2 Å². The smallest absolute Gasteiger partial charge is 0.306 e. The molecule has 386 valence electrons. The topological polar surface area (TPSA) is 114 Å². The highest BCUT2D eigenvalue weighted by Gasteiger charge is 2.27. The monoisotopic (exact) mass is 941 g/mol. The lowest BCUT2D eigenvalue weighted by molar-refractivity contribution is -0.870. The zero-order chi connectivity index (χ0) is 48.0. The van der Waals surface area contributed by atoms with E-state index in [2.05, 4.69) is 26.1 Å². The SMILES string of the molecule is CCCCCCCCCCCCC/C=C/C(OC(=O)CCCCCCCCCCCCC)C(COP(=O)([O-])OCC[N+](C)(C)C)NC(=O)CCCCCCCCCCCCCCCCC. The van der Waals surface area contributed by atoms with Gasteiger partial charge in [0, 0.05) is 12.8 Å². The third-order valence-corrected chi connectivity index (χ3v) is 13.7. The molecule has 0 bridgehead atoms. The summed E-state index contributed by atoms with van der Waals surface area (Å²) in [6.07, 6.45) is 50.2. The molecule has 10 heteroatoms. The Morgan fingerprint density at radius 1 is 0.523 bits per heavy atom. The molecule has 3 unspecified atom stereocenters. The van der Waals surface area contributed by atoms with Crippen LogP contribution in [0.3, 0.4) is 0 Å². The number of rotatable bonds is 51. The van der Waals surface area contributed by atoms with E-state index in [4.69, 9.17) is 13.8 Å². The number of nitrogens with zero attached hydrogens (tertiary/aromatic N) is 1. The Labute approximate surface area is 403 Å². The lowest BCUT2D eigenvalue weighted by atomic mass is 10.0. The summed E-state index contributed by atoms with van der Waals surface area (Å²) in [7, 11) is 1.20. The molecule has 0 aromatic rings. The molecule has 9 nitrogen and oxygen atoms in total. The highest BCUT2D eigenvalue weighted by Crippen LogP contribution is 2.38. The molecule has 0 radical (unpaired) electrons. The molecule has 0 heterocycles. The van der Waals surface area contributed by atoms with Gasteiger partial charge in [-0.2, -0.15) is 0 Å². The van der Waals surface area contributed by atoms with Crippen molar-refractivity contribution in [1.82, 2.24) is 5.32 Å². The molecule has 1 amide bonds. The van der Waals surface area contributed by atoms with Crippen LogP contribution >= 0.6 is 7.82 Å². The lowest BCUT2D eigenvalue weighted by Gasteiger charge is -2.30. The number of likely N-dealkylation sites (N-methyl/N-ethyl adjacent to an activating group) is 1. The predicted octanol–water partition coefficient (Wildman–Crippen LogP) is 15.8. The Hall–Kier alpha value is -1.25. The van der Waals surface area contributed by atoms with Crippen LogP contribution in [0.15, 0.2) is 12.2 Å². The number of carbonyl (C=O) groups is 2. The predicted molar refractivity (Wildman–Crippen MR) is 275 cm³/mol. The van der Waals surface area contributed by atoms with Gasteiger partial charge >= 0.3 is 5.97 Å². The van der Waals surface area contributed by atoms with Crippen molar-refractivity contribution in [3.05, 3.63) is 12.2 Å². The van der Waals surface area contributed by atoms with E-state index >= 15 is 0 Å². The molecular weight excluding hydrogens is 832 g/mol. The molecule has 0 aromatic carbocycles. The van der Waals surface area contributed by atoms with Crippen molar-refractivity contribution in [2.24, 2.45) is 0 Å². The maximum absolute atomic E-state index is 13.4. The lowest BCUT2D eigenvalue weighted by Crippen LogP contribution is -2.47. The Balaban J connectivity index is 5.35. The summed E-state index contributed by atoms with van der Waals surface area (Å²) in [6.45, 7) is 6.86. The second-order valence-electron chi connectivity index (χ2n) is 20.5. The Morgan fingerprint density at radius 2 is 0.877 bits per heavy atom. The fraction of sp³-hybridized carbons (Fsp3) is 0.927. The van der Waals surface area contributed by atoms with Crippen molar-refractivity contribution >= 4 is 19.7 Å². The van der Waals surface area contributed by atoms with Crippen molar-refractivity contribution in [2.75, 3.05) is 40.9 Å². The fourth-order valence-corrected chi connectivity index (χ4v) is 9.07. The molecule has 0 aliphatic heterocycles. The summed E-state index contributed by atoms with van der Waals surface area (Å²) in [4.78, 5) is 39.7. The Morgan fingerprint density at radius 3 is 1.26 bits per heavy atom. The molecule has 65 heavy (non-hydrogen) atoms. The first-order valence-electron chi connectivity index (χ1n) is 28.0. The number of phosphoric ester groups is 1. The summed E-state index contributed by atoms with van der Waals surface area (Å²) in [5.41, 5.74) is 0. The molecular formula is C55H109N2O7P. The maximum atomic E-state index is 13.4. The minimum atomic E-state index is -4.68. The number of phosphoric acid groups is 1. The number of quaternary nitrogens is 1. The van der Waals surface area contributed by atoms with Gasteiger partial charge in [-0.05, 0) is 31.8 Å². The zero-order valence-electron chi connectivity index (χ0n) is 44.0. The van der Waals surface area contributed by atoms with Crippen LogP contribution in [0.25, 0.3) is 0 Å². The third kappa shape index (κ3) is 47.6. The number of ether oxygens (including phenoxy) is 1. The Bertz CT molecular complexity index is 1130. The van der Waals surface area contributed by atoms with Crippen molar-refractivity contribution in [3.63, 3.8) is 0 Å². The van der Waals surface area contributed by atoms with E-state index in [1.807, 2.05) is 33.3 Å². The molecule has 1 N–H and O–H groups in total. The second-order valence-corrected chi connectivity index (χ2v) is 21.9. The first-order chi connectivity index (χ1) is 31.4. The van der Waals surface area contributed by atoms with E-state index in [-0.39, 0.29) is 31.5 Å². The molecule has 0 fully saturated rings. The minimum absolute atomic E-state index is 0.0171. The molecule has 0 aliphatic rings. The minimum Gasteiger partial charge on any atom is -0.756 e. The molecule has 0 spiro atoms. The quantitative estimate of drug-likeness (QED) is 0.0212. The number of nitrogens with one attached hydrogen (secondary N) is 1. The fourth-order valence-electron chi connectivity index (χ4n) is 8.35. The van der Waals surface area contributed by atoms with Crippen molar-refractivity contribution in [2.45, 2.75) is 290 Å². The highest BCUT2D eigenvalue weighted by atomic mass is 31.2. The van der Waals surface area contributed by atoms with Gasteiger partial charge in [0.15, 0.2) is 0 Å². The van der Waals surface area contributed by atoms with E-state index in [1.54, 1.807) is 0 Å². The van der Waals surface area contributed by atoms with E-state index in [9.17, 15) is 19.0 Å². The van der Waals surface area contributed by atoms with Gasteiger partial charge in [-0.1, -0.05) is 245 Å². The summed E-state index contributed by atoms with van der Waals surface area (Å²) in [5.74, 6) is -0.526. The van der Waals surface area contributed by atoms with Crippen LogP contribution in [0.1, 0.15) is 278 Å². The average Bonchev–Trinajstić information content (AvgIpc) is 3.26. The molecule has 3 atom stereocenters. The van der Waals surface area contributed by atoms with Gasteiger partial charge in [0.25, 0.3) is 7.82 Å². The van der Waals surface area contributed by atoms with Crippen LogP contribution in [0.2, 0.25) is 0 Å². The highest BCUT2D eigenvalue weighted by molar-refractivity contribution is 7.45. The van der Waals surface area contributed by atoms with Gasteiger partial charge in [0.1, 0.15) is 19.3 Å². The van der Waals surface area contributed by atoms with E-state index in [1.165, 1.54) is 186 Å². The van der Waals surface area contributed by atoms with Crippen molar-refractivity contribution in [1.29, 1.82) is 0 Å². The van der Waals surface area contributed by atoms with Crippen molar-refractivity contribution < 1.29 is 37.3 Å². The first-order valence-corrected chi connectivity index (χ1v) is 29.5. The van der Waals surface area contributed by atoms with Gasteiger partial charge in [0.2, 0.25) is 5.91 Å². The number of hydrogen-bond donors (Lipinski definition) is 1. The standard InChI is InChI=1S/C55H109N2O7P/c1-7-10-13-16-19-22-25-27-28-30-33-35-38-41-44-47-54(58)56-52(51-63-65(60,61)62-50-49-57(4,5)6)53(46-43-40-37-34-32-29-26-23-20-17-14-11-8-2)64-55(59)48-45-42-39-36-31-24-21-18-15-12-9-3/h43,46,52-53H,7-42,44-45,47-51H2,1-6H3,(H-,56,58,60,61)/b46-43+. The van der Waals surface area contributed by atoms with Crippen LogP contribution in [-0.2, 0) is 27.9 Å². The van der Waals surface area contributed by atoms with Crippen LogP contribution in [0.4, 0.5) is 0 Å². The zero-order valence-corrected chi connectivity index (χ0v) is 44.9. The number of amides is 1.